The lowest BCUT2D eigenvalue weighted by Crippen LogP contribution is -2.07. The summed E-state index contributed by atoms with van der Waals surface area (Å²) in [5.41, 5.74) is 0.508. The molecule has 0 aliphatic heterocycles. The Morgan fingerprint density at radius 3 is 2.35 bits per heavy atom. The number of thioether (sulfide) groups is 1. The summed E-state index contributed by atoms with van der Waals surface area (Å²) in [6.07, 6.45) is -1.30. The van der Waals surface area contributed by atoms with Gasteiger partial charge in [-0.2, -0.15) is 0 Å². The first-order valence-electron chi connectivity index (χ1n) is 6.40. The van der Waals surface area contributed by atoms with Gasteiger partial charge in [-0.15, -0.1) is 11.8 Å². The van der Waals surface area contributed by atoms with Gasteiger partial charge in [0.05, 0.1) is 5.56 Å². The molecule has 0 heterocycles. The average Bonchev–Trinajstić information content (AvgIpc) is 2.44. The lowest BCUT2D eigenvalue weighted by Gasteiger charge is -2.15. The molecule has 0 aromatic heterocycles. The van der Waals surface area contributed by atoms with Gasteiger partial charge < -0.3 is 5.11 Å². The fourth-order valence-corrected chi connectivity index (χ4v) is 2.67. The van der Waals surface area contributed by atoms with Crippen molar-refractivity contribution in [2.24, 2.45) is 0 Å². The highest BCUT2D eigenvalue weighted by atomic mass is 32.2. The van der Waals surface area contributed by atoms with Crippen molar-refractivity contribution in [1.29, 1.82) is 0 Å². The molecule has 0 radical (unpaired) electrons. The smallest absolute Gasteiger partial charge is 0.135 e. The Morgan fingerprint density at radius 2 is 1.75 bits per heavy atom. The molecule has 1 unspecified atom stereocenters. The zero-order valence-corrected chi connectivity index (χ0v) is 12.2. The Kier molecular flexibility index (Phi) is 4.78. The fourth-order valence-electron chi connectivity index (χ4n) is 2.01. The van der Waals surface area contributed by atoms with E-state index < -0.39 is 17.7 Å². The van der Waals surface area contributed by atoms with Crippen molar-refractivity contribution in [3.8, 4) is 0 Å². The first-order valence-corrected chi connectivity index (χ1v) is 7.38. The number of aryl methyl sites for hydroxylation is 1. The number of rotatable bonds is 4. The van der Waals surface area contributed by atoms with Gasteiger partial charge in [-0.05, 0) is 42.0 Å². The molecule has 0 bridgehead atoms. The number of aliphatic hydroxyl groups is 1. The van der Waals surface area contributed by atoms with Crippen molar-refractivity contribution in [3.63, 3.8) is 0 Å². The van der Waals surface area contributed by atoms with Gasteiger partial charge in [0.2, 0.25) is 0 Å². The zero-order valence-electron chi connectivity index (χ0n) is 11.4. The minimum absolute atomic E-state index is 0.291. The fraction of sp³-hybridized carbons (Fsp3) is 0.250. The van der Waals surface area contributed by atoms with Crippen LogP contribution in [0.15, 0.2) is 41.3 Å². The standard InChI is InChI=1S/C16H16F2OS/c1-3-20-12-7-5-11(6-8-12)16(19)14-13(17)9-4-10(2)15(14)18/h4-9,16,19H,3H2,1-2H3. The van der Waals surface area contributed by atoms with E-state index in [1.54, 1.807) is 30.8 Å². The van der Waals surface area contributed by atoms with Crippen LogP contribution in [0.25, 0.3) is 0 Å². The van der Waals surface area contributed by atoms with Crippen molar-refractivity contribution in [2.45, 2.75) is 24.8 Å². The Bertz CT molecular complexity index is 596. The lowest BCUT2D eigenvalue weighted by molar-refractivity contribution is 0.208. The summed E-state index contributed by atoms with van der Waals surface area (Å²) in [7, 11) is 0. The highest BCUT2D eigenvalue weighted by Crippen LogP contribution is 2.29. The Morgan fingerprint density at radius 1 is 1.10 bits per heavy atom. The monoisotopic (exact) mass is 294 g/mol. The largest absolute Gasteiger partial charge is 0.383 e. The highest BCUT2D eigenvalue weighted by molar-refractivity contribution is 7.99. The molecule has 20 heavy (non-hydrogen) atoms. The maximum Gasteiger partial charge on any atom is 0.135 e. The SMILES string of the molecule is CCSc1ccc(C(O)c2c(F)ccc(C)c2F)cc1. The van der Waals surface area contributed by atoms with Crippen LogP contribution < -0.4 is 0 Å². The normalized spacial score (nSPS) is 12.4. The third-order valence-electron chi connectivity index (χ3n) is 3.10. The molecule has 0 aliphatic rings. The molecule has 0 fully saturated rings. The van der Waals surface area contributed by atoms with E-state index in [2.05, 4.69) is 0 Å². The van der Waals surface area contributed by atoms with E-state index in [9.17, 15) is 13.9 Å². The van der Waals surface area contributed by atoms with E-state index >= 15 is 0 Å². The number of halogens is 2. The van der Waals surface area contributed by atoms with Crippen molar-refractivity contribution in [1.82, 2.24) is 0 Å². The molecular formula is C16H16F2OS. The molecule has 2 aromatic carbocycles. The maximum absolute atomic E-state index is 14.0. The number of hydrogen-bond acceptors (Lipinski definition) is 2. The van der Waals surface area contributed by atoms with Crippen molar-refractivity contribution >= 4 is 11.8 Å². The molecule has 0 amide bonds. The molecule has 1 nitrogen and oxygen atoms in total. The third kappa shape index (κ3) is 3.02. The summed E-state index contributed by atoms with van der Waals surface area (Å²) >= 11 is 1.67. The Balaban J connectivity index is 2.36. The molecule has 0 saturated heterocycles. The zero-order chi connectivity index (χ0) is 14.7. The van der Waals surface area contributed by atoms with Gasteiger partial charge in [0.15, 0.2) is 0 Å². The quantitative estimate of drug-likeness (QED) is 0.840. The second-order valence-electron chi connectivity index (χ2n) is 4.50. The molecule has 106 valence electrons. The van der Waals surface area contributed by atoms with Gasteiger partial charge in [-0.25, -0.2) is 8.78 Å². The number of hydrogen-bond donors (Lipinski definition) is 1. The first-order chi connectivity index (χ1) is 9.54. The van der Waals surface area contributed by atoms with Crippen LogP contribution in [0, 0.1) is 18.6 Å². The Hall–Kier alpha value is -1.39. The van der Waals surface area contributed by atoms with E-state index in [1.807, 2.05) is 19.1 Å². The van der Waals surface area contributed by atoms with Crippen LogP contribution in [0.5, 0.6) is 0 Å². The number of aliphatic hydroxyl groups excluding tert-OH is 1. The first kappa shape index (κ1) is 15.0. The van der Waals surface area contributed by atoms with Gasteiger partial charge in [-0.3, -0.25) is 0 Å². The van der Waals surface area contributed by atoms with Gasteiger partial charge >= 0.3 is 0 Å². The lowest BCUT2D eigenvalue weighted by atomic mass is 9.98. The van der Waals surface area contributed by atoms with Crippen LogP contribution in [0.1, 0.15) is 29.7 Å². The molecule has 2 aromatic rings. The van der Waals surface area contributed by atoms with Crippen LogP contribution >= 0.6 is 11.8 Å². The van der Waals surface area contributed by atoms with Gasteiger partial charge in [0.25, 0.3) is 0 Å². The highest BCUT2D eigenvalue weighted by Gasteiger charge is 2.21. The van der Waals surface area contributed by atoms with E-state index in [4.69, 9.17) is 0 Å². The topological polar surface area (TPSA) is 20.2 Å². The summed E-state index contributed by atoms with van der Waals surface area (Å²) in [5.74, 6) is -0.472. The summed E-state index contributed by atoms with van der Waals surface area (Å²) in [6.45, 7) is 3.59. The van der Waals surface area contributed by atoms with Gasteiger partial charge in [-0.1, -0.05) is 25.1 Å². The second-order valence-corrected chi connectivity index (χ2v) is 5.83. The van der Waals surface area contributed by atoms with Crippen LogP contribution in [0.2, 0.25) is 0 Å². The van der Waals surface area contributed by atoms with Crippen molar-refractivity contribution < 1.29 is 13.9 Å². The van der Waals surface area contributed by atoms with E-state index in [1.165, 1.54) is 12.1 Å². The van der Waals surface area contributed by atoms with Crippen LogP contribution in [-0.4, -0.2) is 10.9 Å². The van der Waals surface area contributed by atoms with Crippen LogP contribution in [0.3, 0.4) is 0 Å². The molecule has 0 saturated carbocycles. The molecule has 2 rings (SSSR count). The predicted octanol–water partition coefficient (Wildman–Crippen LogP) is 4.47. The summed E-state index contributed by atoms with van der Waals surface area (Å²) in [5, 5.41) is 10.2. The van der Waals surface area contributed by atoms with Crippen molar-refractivity contribution in [2.75, 3.05) is 5.75 Å². The van der Waals surface area contributed by atoms with E-state index in [0.29, 0.717) is 11.1 Å². The van der Waals surface area contributed by atoms with E-state index in [0.717, 1.165) is 10.6 Å². The maximum atomic E-state index is 14.0. The molecule has 0 aliphatic carbocycles. The summed E-state index contributed by atoms with van der Waals surface area (Å²) in [4.78, 5) is 1.06. The van der Waals surface area contributed by atoms with E-state index in [-0.39, 0.29) is 5.56 Å². The minimum atomic E-state index is -1.30. The van der Waals surface area contributed by atoms with Crippen LogP contribution in [0.4, 0.5) is 8.78 Å². The molecule has 1 N–H and O–H groups in total. The molecule has 0 spiro atoms. The third-order valence-corrected chi connectivity index (χ3v) is 3.99. The predicted molar refractivity (Wildman–Crippen MR) is 78.0 cm³/mol. The summed E-state index contributed by atoms with van der Waals surface area (Å²) < 4.78 is 27.8. The molecule has 4 heteroatoms. The minimum Gasteiger partial charge on any atom is -0.383 e. The average molecular weight is 294 g/mol. The van der Waals surface area contributed by atoms with Gasteiger partial charge in [0, 0.05) is 4.90 Å². The second kappa shape index (κ2) is 6.37. The number of benzene rings is 2. The van der Waals surface area contributed by atoms with Crippen molar-refractivity contribution in [3.05, 3.63) is 64.7 Å². The molecular weight excluding hydrogens is 278 g/mol. The summed E-state index contributed by atoms with van der Waals surface area (Å²) in [6, 6.07) is 9.63. The Labute approximate surface area is 121 Å². The molecule has 1 atom stereocenters. The van der Waals surface area contributed by atoms with Gasteiger partial charge in [0.1, 0.15) is 17.7 Å². The van der Waals surface area contributed by atoms with Crippen LogP contribution in [-0.2, 0) is 0 Å².